The van der Waals surface area contributed by atoms with E-state index in [0.717, 1.165) is 4.57 Å². The van der Waals surface area contributed by atoms with Gasteiger partial charge in [-0.15, -0.1) is 0 Å². The molecule has 2 aromatic rings. The van der Waals surface area contributed by atoms with Crippen molar-refractivity contribution in [3.8, 4) is 0 Å². The number of aliphatic hydroxyl groups excluding tert-OH is 1. The molecule has 0 saturated heterocycles. The molecule has 0 unspecified atom stereocenters. The number of aromatic nitrogens is 2. The van der Waals surface area contributed by atoms with Crippen LogP contribution in [0.2, 0.25) is 5.02 Å². The molecule has 8 nitrogen and oxygen atoms in total. The summed E-state index contributed by atoms with van der Waals surface area (Å²) in [5.74, 6) is -0.907. The van der Waals surface area contributed by atoms with Gasteiger partial charge in [-0.25, -0.2) is 4.98 Å². The van der Waals surface area contributed by atoms with Crippen LogP contribution in [0.4, 0.5) is 5.69 Å². The minimum absolute atomic E-state index is 0.224. The standard InChI is InChI=1S/C17H19ClN4O4/c1-17(2,9-23)21-16(26)11-5-12(18)7-13(6-11)20-14(24)8-22-10-19-4-3-15(22)25/h3-7,10,23H,8-9H2,1-2H3,(H,20,24)(H,21,26). The number of carbonyl (C=O) groups is 2. The highest BCUT2D eigenvalue weighted by Gasteiger charge is 2.20. The van der Waals surface area contributed by atoms with Crippen molar-refractivity contribution in [3.63, 3.8) is 0 Å². The molecule has 0 aliphatic carbocycles. The van der Waals surface area contributed by atoms with Crippen LogP contribution in [0, 0.1) is 0 Å². The minimum atomic E-state index is -0.801. The highest BCUT2D eigenvalue weighted by atomic mass is 35.5. The van der Waals surface area contributed by atoms with E-state index in [1.807, 2.05) is 0 Å². The highest BCUT2D eigenvalue weighted by molar-refractivity contribution is 6.31. The number of anilines is 1. The Morgan fingerprint density at radius 1 is 1.31 bits per heavy atom. The van der Waals surface area contributed by atoms with Crippen LogP contribution >= 0.6 is 11.6 Å². The van der Waals surface area contributed by atoms with Gasteiger partial charge in [-0.2, -0.15) is 0 Å². The summed E-state index contributed by atoms with van der Waals surface area (Å²) in [4.78, 5) is 39.8. The van der Waals surface area contributed by atoms with E-state index in [4.69, 9.17) is 11.6 Å². The second-order valence-corrected chi connectivity index (χ2v) is 6.76. The Morgan fingerprint density at radius 2 is 2.04 bits per heavy atom. The van der Waals surface area contributed by atoms with Crippen LogP contribution in [0.1, 0.15) is 24.2 Å². The lowest BCUT2D eigenvalue weighted by Crippen LogP contribution is -2.46. The molecule has 0 spiro atoms. The van der Waals surface area contributed by atoms with Crippen molar-refractivity contribution in [1.29, 1.82) is 0 Å². The molecular formula is C17H19ClN4O4. The van der Waals surface area contributed by atoms with Crippen LogP contribution < -0.4 is 16.2 Å². The van der Waals surface area contributed by atoms with E-state index < -0.39 is 17.4 Å². The molecular weight excluding hydrogens is 360 g/mol. The zero-order chi connectivity index (χ0) is 19.3. The molecule has 26 heavy (non-hydrogen) atoms. The Balaban J connectivity index is 2.14. The van der Waals surface area contributed by atoms with Gasteiger partial charge >= 0.3 is 0 Å². The van der Waals surface area contributed by atoms with E-state index in [1.54, 1.807) is 13.8 Å². The maximum absolute atomic E-state index is 12.3. The number of rotatable bonds is 6. The fourth-order valence-electron chi connectivity index (χ4n) is 2.06. The van der Waals surface area contributed by atoms with Gasteiger partial charge in [-0.05, 0) is 32.0 Å². The quantitative estimate of drug-likeness (QED) is 0.695. The van der Waals surface area contributed by atoms with Gasteiger partial charge in [0.15, 0.2) is 0 Å². The smallest absolute Gasteiger partial charge is 0.253 e. The molecule has 0 aliphatic heterocycles. The largest absolute Gasteiger partial charge is 0.394 e. The van der Waals surface area contributed by atoms with Gasteiger partial charge < -0.3 is 15.7 Å². The van der Waals surface area contributed by atoms with Crippen molar-refractivity contribution in [2.75, 3.05) is 11.9 Å². The number of benzene rings is 1. The normalized spacial score (nSPS) is 11.1. The maximum Gasteiger partial charge on any atom is 0.253 e. The summed E-state index contributed by atoms with van der Waals surface area (Å²) in [7, 11) is 0. The van der Waals surface area contributed by atoms with Crippen LogP contribution in [0.3, 0.4) is 0 Å². The summed E-state index contributed by atoms with van der Waals surface area (Å²) >= 11 is 6.02. The number of amides is 2. The van der Waals surface area contributed by atoms with E-state index >= 15 is 0 Å². The van der Waals surface area contributed by atoms with Crippen LogP contribution in [-0.2, 0) is 11.3 Å². The van der Waals surface area contributed by atoms with E-state index in [2.05, 4.69) is 15.6 Å². The van der Waals surface area contributed by atoms with Crippen LogP contribution in [0.25, 0.3) is 0 Å². The fourth-order valence-corrected chi connectivity index (χ4v) is 2.30. The molecule has 3 N–H and O–H groups in total. The topological polar surface area (TPSA) is 113 Å². The first-order chi connectivity index (χ1) is 12.2. The Bertz CT molecular complexity index is 879. The summed E-state index contributed by atoms with van der Waals surface area (Å²) in [6.07, 6.45) is 2.60. The number of carbonyl (C=O) groups excluding carboxylic acids is 2. The first kappa shape index (κ1) is 19.6. The molecule has 1 aromatic heterocycles. The highest BCUT2D eigenvalue weighted by Crippen LogP contribution is 2.20. The second-order valence-electron chi connectivity index (χ2n) is 6.32. The van der Waals surface area contributed by atoms with Crippen molar-refractivity contribution >= 4 is 29.1 Å². The molecule has 0 saturated carbocycles. The second kappa shape index (κ2) is 8.11. The Labute approximate surface area is 154 Å². The summed E-state index contributed by atoms with van der Waals surface area (Å²) in [6, 6.07) is 5.64. The van der Waals surface area contributed by atoms with Crippen molar-refractivity contribution in [1.82, 2.24) is 14.9 Å². The van der Waals surface area contributed by atoms with Crippen LogP contribution in [0.15, 0.2) is 41.6 Å². The fraction of sp³-hybridized carbons (Fsp3) is 0.294. The molecule has 9 heteroatoms. The van der Waals surface area contributed by atoms with Crippen molar-refractivity contribution < 1.29 is 14.7 Å². The van der Waals surface area contributed by atoms with Crippen LogP contribution in [-0.4, -0.2) is 38.6 Å². The van der Waals surface area contributed by atoms with Gasteiger partial charge in [-0.3, -0.25) is 19.0 Å². The molecule has 2 rings (SSSR count). The first-order valence-corrected chi connectivity index (χ1v) is 8.12. The molecule has 0 aliphatic rings. The summed E-state index contributed by atoms with van der Waals surface area (Å²) in [6.45, 7) is 2.88. The third-order valence-electron chi connectivity index (χ3n) is 3.40. The van der Waals surface area contributed by atoms with Gasteiger partial charge in [-0.1, -0.05) is 11.6 Å². The summed E-state index contributed by atoms with van der Waals surface area (Å²) < 4.78 is 1.15. The molecule has 2 amide bonds. The monoisotopic (exact) mass is 378 g/mol. The molecule has 1 heterocycles. The van der Waals surface area contributed by atoms with Crippen molar-refractivity contribution in [2.45, 2.75) is 25.9 Å². The Hall–Kier alpha value is -2.71. The van der Waals surface area contributed by atoms with E-state index in [-0.39, 0.29) is 29.3 Å². The lowest BCUT2D eigenvalue weighted by atomic mass is 10.1. The number of aliphatic hydroxyl groups is 1. The average molecular weight is 379 g/mol. The summed E-state index contributed by atoms with van der Waals surface area (Å²) in [5.41, 5.74) is -0.614. The number of hydrogen-bond acceptors (Lipinski definition) is 5. The molecule has 0 radical (unpaired) electrons. The molecule has 0 bridgehead atoms. The zero-order valence-corrected chi connectivity index (χ0v) is 15.1. The van der Waals surface area contributed by atoms with Gasteiger partial charge in [0.1, 0.15) is 6.54 Å². The van der Waals surface area contributed by atoms with Gasteiger partial charge in [0.2, 0.25) is 5.91 Å². The molecule has 138 valence electrons. The zero-order valence-electron chi connectivity index (χ0n) is 14.3. The van der Waals surface area contributed by atoms with E-state index in [0.29, 0.717) is 5.69 Å². The van der Waals surface area contributed by atoms with Crippen molar-refractivity contribution in [2.24, 2.45) is 0 Å². The van der Waals surface area contributed by atoms with Crippen molar-refractivity contribution in [3.05, 3.63) is 57.7 Å². The Kier molecular flexibility index (Phi) is 6.12. The van der Waals surface area contributed by atoms with E-state index in [1.165, 1.54) is 36.8 Å². The number of hydrogen-bond donors (Lipinski definition) is 3. The van der Waals surface area contributed by atoms with Crippen LogP contribution in [0.5, 0.6) is 0 Å². The minimum Gasteiger partial charge on any atom is -0.394 e. The van der Waals surface area contributed by atoms with E-state index in [9.17, 15) is 19.5 Å². The predicted octanol–water partition coefficient (Wildman–Crippen LogP) is 1.04. The number of nitrogens with zero attached hydrogens (tertiary/aromatic N) is 2. The SMILES string of the molecule is CC(C)(CO)NC(=O)c1cc(Cl)cc(NC(=O)Cn2cnccc2=O)c1. The number of halogens is 1. The Morgan fingerprint density at radius 3 is 2.69 bits per heavy atom. The van der Waals surface area contributed by atoms with Gasteiger partial charge in [0.05, 0.1) is 18.5 Å². The average Bonchev–Trinajstić information content (AvgIpc) is 2.56. The summed E-state index contributed by atoms with van der Waals surface area (Å²) in [5, 5.41) is 14.8. The first-order valence-electron chi connectivity index (χ1n) is 7.74. The molecule has 1 aromatic carbocycles. The lowest BCUT2D eigenvalue weighted by molar-refractivity contribution is -0.116. The molecule has 0 atom stereocenters. The third kappa shape index (κ3) is 5.40. The number of nitrogens with one attached hydrogen (secondary N) is 2. The van der Waals surface area contributed by atoms with Gasteiger partial charge in [0, 0.05) is 28.5 Å². The third-order valence-corrected chi connectivity index (χ3v) is 3.62. The maximum atomic E-state index is 12.3. The lowest BCUT2D eigenvalue weighted by Gasteiger charge is -2.23. The predicted molar refractivity (Wildman–Crippen MR) is 97.2 cm³/mol. The molecule has 0 fully saturated rings. The van der Waals surface area contributed by atoms with Gasteiger partial charge in [0.25, 0.3) is 11.5 Å².